The molecular weight excluding hydrogens is 356 g/mol. The van der Waals surface area contributed by atoms with Crippen LogP contribution in [-0.2, 0) is 17.8 Å². The number of carbonyl (C=O) groups is 1. The van der Waals surface area contributed by atoms with Crippen LogP contribution >= 0.6 is 0 Å². The van der Waals surface area contributed by atoms with Crippen molar-refractivity contribution in [2.45, 2.75) is 58.4 Å². The highest BCUT2D eigenvalue weighted by Crippen LogP contribution is 2.23. The summed E-state index contributed by atoms with van der Waals surface area (Å²) in [7, 11) is 0. The molecule has 29 heavy (non-hydrogen) atoms. The molecule has 2 aromatic carbocycles. The summed E-state index contributed by atoms with van der Waals surface area (Å²) in [4.78, 5) is 15.0. The largest absolute Gasteiger partial charge is 0.385 e. The second kappa shape index (κ2) is 11.8. The van der Waals surface area contributed by atoms with Crippen molar-refractivity contribution in [1.29, 1.82) is 0 Å². The number of unbranched alkanes of at least 4 members (excludes halogenated alkanes) is 1. The number of benzene rings is 2. The van der Waals surface area contributed by atoms with Crippen LogP contribution in [0.1, 0.15) is 56.6 Å². The first-order valence-electron chi connectivity index (χ1n) is 11.3. The normalized spacial score (nSPS) is 17.2. The number of anilines is 1. The number of Topliss-reactive ketones (excluding diaryl/α,β-unsaturated/α-hetero) is 1. The Morgan fingerprint density at radius 1 is 1.07 bits per heavy atom. The van der Waals surface area contributed by atoms with Gasteiger partial charge in [0, 0.05) is 38.2 Å². The first-order valence-corrected chi connectivity index (χ1v) is 11.3. The van der Waals surface area contributed by atoms with E-state index >= 15 is 0 Å². The van der Waals surface area contributed by atoms with E-state index < -0.39 is 0 Å². The first-order chi connectivity index (χ1) is 14.2. The maximum atomic E-state index is 12.5. The summed E-state index contributed by atoms with van der Waals surface area (Å²) < 4.78 is 0. The number of carbonyl (C=O) groups excluding carboxylic acids is 1. The molecule has 0 spiro atoms. The highest BCUT2D eigenvalue weighted by atomic mass is 16.1. The van der Waals surface area contributed by atoms with Crippen molar-refractivity contribution >= 4 is 11.5 Å². The molecule has 1 aliphatic heterocycles. The van der Waals surface area contributed by atoms with E-state index in [1.807, 2.05) is 18.2 Å². The molecule has 1 aliphatic rings. The highest BCUT2D eigenvalue weighted by molar-refractivity contribution is 5.78. The van der Waals surface area contributed by atoms with E-state index in [1.54, 1.807) is 0 Å². The van der Waals surface area contributed by atoms with Crippen molar-refractivity contribution in [3.05, 3.63) is 65.7 Å². The Kier molecular flexibility index (Phi) is 8.76. The maximum absolute atomic E-state index is 12.5. The van der Waals surface area contributed by atoms with Gasteiger partial charge in [-0.15, -0.1) is 0 Å². The van der Waals surface area contributed by atoms with E-state index in [1.165, 1.54) is 42.5 Å². The molecule has 0 amide bonds. The Morgan fingerprint density at radius 2 is 1.86 bits per heavy atom. The van der Waals surface area contributed by atoms with Gasteiger partial charge in [-0.1, -0.05) is 55.8 Å². The second-order valence-electron chi connectivity index (χ2n) is 8.45. The van der Waals surface area contributed by atoms with Gasteiger partial charge in [0.2, 0.25) is 0 Å². The van der Waals surface area contributed by atoms with E-state index in [0.29, 0.717) is 18.1 Å². The van der Waals surface area contributed by atoms with Crippen molar-refractivity contribution in [1.82, 2.24) is 4.90 Å². The van der Waals surface area contributed by atoms with Crippen molar-refractivity contribution in [3.63, 3.8) is 0 Å². The van der Waals surface area contributed by atoms with E-state index in [2.05, 4.69) is 53.5 Å². The van der Waals surface area contributed by atoms with E-state index in [4.69, 9.17) is 0 Å². The maximum Gasteiger partial charge on any atom is 0.133 e. The predicted octanol–water partition coefficient (Wildman–Crippen LogP) is 5.70. The molecule has 156 valence electrons. The summed E-state index contributed by atoms with van der Waals surface area (Å²) in [5.41, 5.74) is 3.84. The van der Waals surface area contributed by atoms with Crippen LogP contribution in [0, 0.1) is 5.92 Å². The highest BCUT2D eigenvalue weighted by Gasteiger charge is 2.22. The molecule has 1 unspecified atom stereocenters. The lowest BCUT2D eigenvalue weighted by atomic mass is 9.91. The molecule has 3 heteroatoms. The Labute approximate surface area is 176 Å². The molecule has 0 aliphatic carbocycles. The summed E-state index contributed by atoms with van der Waals surface area (Å²) >= 11 is 0. The number of nitrogens with zero attached hydrogens (tertiary/aromatic N) is 1. The quantitative estimate of drug-likeness (QED) is 0.498. The summed E-state index contributed by atoms with van der Waals surface area (Å²) in [6.07, 6.45) is 7.10. The number of likely N-dealkylation sites (tertiary alicyclic amines) is 1. The fourth-order valence-electron chi connectivity index (χ4n) is 4.21. The molecular formula is C26H36N2O. The third-order valence-electron chi connectivity index (χ3n) is 5.87. The van der Waals surface area contributed by atoms with Gasteiger partial charge in [0.05, 0.1) is 0 Å². The van der Waals surface area contributed by atoms with Crippen LogP contribution in [0.3, 0.4) is 0 Å². The molecule has 1 N–H and O–H groups in total. The minimum Gasteiger partial charge on any atom is -0.385 e. The van der Waals surface area contributed by atoms with Crippen LogP contribution in [0.5, 0.6) is 0 Å². The second-order valence-corrected chi connectivity index (χ2v) is 8.45. The van der Waals surface area contributed by atoms with Gasteiger partial charge >= 0.3 is 0 Å². The Hall–Kier alpha value is -2.13. The summed E-state index contributed by atoms with van der Waals surface area (Å²) in [6, 6.07) is 19.2. The van der Waals surface area contributed by atoms with Gasteiger partial charge in [0.15, 0.2) is 0 Å². The Balaban J connectivity index is 1.41. The Morgan fingerprint density at radius 3 is 2.62 bits per heavy atom. The molecule has 1 heterocycles. The van der Waals surface area contributed by atoms with Crippen LogP contribution in [-0.4, -0.2) is 30.3 Å². The molecule has 1 fully saturated rings. The van der Waals surface area contributed by atoms with Crippen LogP contribution in [0.2, 0.25) is 0 Å². The number of nitrogens with one attached hydrogen (secondary N) is 1. The molecule has 0 saturated carbocycles. The molecule has 0 aromatic heterocycles. The van der Waals surface area contributed by atoms with Crippen molar-refractivity contribution in [2.24, 2.45) is 5.92 Å². The van der Waals surface area contributed by atoms with Crippen LogP contribution in [0.15, 0.2) is 54.6 Å². The van der Waals surface area contributed by atoms with Gasteiger partial charge in [-0.2, -0.15) is 0 Å². The zero-order chi connectivity index (χ0) is 20.3. The number of ketones is 1. The summed E-state index contributed by atoms with van der Waals surface area (Å²) in [5, 5.41) is 3.48. The smallest absolute Gasteiger partial charge is 0.133 e. The monoisotopic (exact) mass is 392 g/mol. The third kappa shape index (κ3) is 7.66. The SMILES string of the molecule is CCCCNc1ccc(CN2CCCC(CC(=O)CCc3ccccc3)C2)cc1. The lowest BCUT2D eigenvalue weighted by Crippen LogP contribution is -2.35. The summed E-state index contributed by atoms with van der Waals surface area (Å²) in [5.74, 6) is 0.935. The van der Waals surface area contributed by atoms with E-state index in [-0.39, 0.29) is 0 Å². The number of piperidine rings is 1. The van der Waals surface area contributed by atoms with Gasteiger partial charge in [-0.3, -0.25) is 9.69 Å². The molecule has 0 bridgehead atoms. The van der Waals surface area contributed by atoms with Crippen LogP contribution < -0.4 is 5.32 Å². The molecule has 3 nitrogen and oxygen atoms in total. The minimum atomic E-state index is 0.420. The molecule has 1 saturated heterocycles. The number of rotatable bonds is 11. The van der Waals surface area contributed by atoms with Gasteiger partial charge < -0.3 is 5.32 Å². The fraction of sp³-hybridized carbons (Fsp3) is 0.500. The van der Waals surface area contributed by atoms with Crippen molar-refractivity contribution in [3.8, 4) is 0 Å². The number of aryl methyl sites for hydroxylation is 1. The van der Waals surface area contributed by atoms with E-state index in [9.17, 15) is 4.79 Å². The average molecular weight is 393 g/mol. The zero-order valence-electron chi connectivity index (χ0n) is 17.9. The van der Waals surface area contributed by atoms with Crippen molar-refractivity contribution < 1.29 is 4.79 Å². The topological polar surface area (TPSA) is 32.3 Å². The van der Waals surface area contributed by atoms with Gasteiger partial charge in [0.1, 0.15) is 5.78 Å². The standard InChI is InChI=1S/C26H36N2O/c1-2-3-17-27-25-14-11-23(12-15-25)20-28-18-7-10-24(21-28)19-26(29)16-13-22-8-5-4-6-9-22/h4-6,8-9,11-12,14-15,24,27H,2-3,7,10,13,16-21H2,1H3. The molecule has 0 radical (unpaired) electrons. The minimum absolute atomic E-state index is 0.420. The number of hydrogen-bond acceptors (Lipinski definition) is 3. The molecule has 2 aromatic rings. The Bertz CT molecular complexity index is 726. The average Bonchev–Trinajstić information content (AvgIpc) is 2.75. The third-order valence-corrected chi connectivity index (χ3v) is 5.87. The summed E-state index contributed by atoms with van der Waals surface area (Å²) in [6.45, 7) is 6.44. The first kappa shape index (κ1) is 21.6. The lowest BCUT2D eigenvalue weighted by Gasteiger charge is -2.32. The van der Waals surface area contributed by atoms with Crippen molar-refractivity contribution in [2.75, 3.05) is 25.0 Å². The van der Waals surface area contributed by atoms with Gasteiger partial charge in [-0.05, 0) is 61.4 Å². The zero-order valence-corrected chi connectivity index (χ0v) is 17.9. The van der Waals surface area contributed by atoms with Gasteiger partial charge in [-0.25, -0.2) is 0 Å². The van der Waals surface area contributed by atoms with Crippen LogP contribution in [0.4, 0.5) is 5.69 Å². The van der Waals surface area contributed by atoms with Crippen LogP contribution in [0.25, 0.3) is 0 Å². The lowest BCUT2D eigenvalue weighted by molar-refractivity contribution is -0.120. The molecule has 3 rings (SSSR count). The van der Waals surface area contributed by atoms with E-state index in [0.717, 1.165) is 39.0 Å². The fourth-order valence-corrected chi connectivity index (χ4v) is 4.21. The number of hydrogen-bond donors (Lipinski definition) is 1. The predicted molar refractivity (Wildman–Crippen MR) is 122 cm³/mol. The molecule has 1 atom stereocenters. The van der Waals surface area contributed by atoms with Gasteiger partial charge in [0.25, 0.3) is 0 Å².